The van der Waals surface area contributed by atoms with Gasteiger partial charge in [0.05, 0.1) is 6.04 Å². The fourth-order valence-electron chi connectivity index (χ4n) is 4.68. The Labute approximate surface area is 240 Å². The Kier molecular flexibility index (Phi) is 11.0. The molecule has 0 aliphatic heterocycles. The van der Waals surface area contributed by atoms with E-state index in [1.165, 1.54) is 0 Å². The van der Waals surface area contributed by atoms with Crippen molar-refractivity contribution in [3.8, 4) is 0 Å². The molecule has 0 saturated carbocycles. The molecule has 3 rings (SSSR count). The maximum absolute atomic E-state index is 13.5. The molecule has 10 nitrogen and oxygen atoms in total. The highest BCUT2D eigenvalue weighted by Gasteiger charge is 2.34. The zero-order valence-electron chi connectivity index (χ0n) is 24.0. The van der Waals surface area contributed by atoms with E-state index in [0.29, 0.717) is 6.42 Å². The largest absolute Gasteiger partial charge is 0.480 e. The summed E-state index contributed by atoms with van der Waals surface area (Å²) in [4.78, 5) is 54.8. The molecule has 41 heavy (non-hydrogen) atoms. The molecule has 0 spiro atoms. The average molecular weight is 564 g/mol. The first-order valence-electron chi connectivity index (χ1n) is 14.0. The normalized spacial score (nSPS) is 15.0. The van der Waals surface area contributed by atoms with Crippen molar-refractivity contribution < 1.29 is 24.3 Å². The zero-order valence-corrected chi connectivity index (χ0v) is 24.0. The predicted molar refractivity (Wildman–Crippen MR) is 158 cm³/mol. The Hall–Kier alpha value is -4.18. The van der Waals surface area contributed by atoms with Gasteiger partial charge in [0.2, 0.25) is 17.7 Å². The zero-order chi connectivity index (χ0) is 30.1. The molecule has 10 heteroatoms. The molecule has 0 bridgehead atoms. The van der Waals surface area contributed by atoms with E-state index in [2.05, 4.69) is 20.9 Å². The number of carboxylic acid groups (broad SMARTS) is 1. The van der Waals surface area contributed by atoms with Crippen molar-refractivity contribution >= 4 is 34.6 Å². The summed E-state index contributed by atoms with van der Waals surface area (Å²) in [7, 11) is 0. The lowest BCUT2D eigenvalue weighted by atomic mass is 9.95. The number of carbonyl (C=O) groups excluding carboxylic acids is 3. The number of amides is 3. The van der Waals surface area contributed by atoms with Gasteiger partial charge in [-0.1, -0.05) is 82.6 Å². The number of H-pyrrole nitrogens is 1. The van der Waals surface area contributed by atoms with E-state index in [9.17, 15) is 24.3 Å². The van der Waals surface area contributed by atoms with Crippen LogP contribution in [0.3, 0.4) is 0 Å². The highest BCUT2D eigenvalue weighted by molar-refractivity contribution is 5.94. The van der Waals surface area contributed by atoms with Gasteiger partial charge in [0.1, 0.15) is 18.1 Å². The minimum atomic E-state index is -1.18. The average Bonchev–Trinajstić information content (AvgIpc) is 3.36. The summed E-state index contributed by atoms with van der Waals surface area (Å²) in [5.74, 6) is -3.39. The van der Waals surface area contributed by atoms with E-state index in [1.807, 2.05) is 50.4 Å². The van der Waals surface area contributed by atoms with Gasteiger partial charge in [-0.15, -0.1) is 0 Å². The first-order valence-corrected chi connectivity index (χ1v) is 14.0. The van der Waals surface area contributed by atoms with Crippen LogP contribution in [-0.4, -0.2) is 57.9 Å². The first-order chi connectivity index (χ1) is 19.5. The summed E-state index contributed by atoms with van der Waals surface area (Å²) >= 11 is 0. The van der Waals surface area contributed by atoms with Crippen LogP contribution < -0.4 is 21.7 Å². The number of benzene rings is 2. The van der Waals surface area contributed by atoms with Crippen LogP contribution in [0.2, 0.25) is 0 Å². The number of aliphatic carboxylic acids is 1. The number of rotatable bonds is 14. The SMILES string of the molecule is CCC(C)C(NC(=O)C(N)Cc1c[nH]c2ccccc12)C(=O)NC(C(=O)NC(Cc1ccccc1)C(=O)O)C(C)C. The molecular formula is C31H41N5O5. The van der Waals surface area contributed by atoms with Gasteiger partial charge in [0, 0.05) is 23.5 Å². The molecule has 2 aromatic carbocycles. The molecule has 3 aromatic rings. The van der Waals surface area contributed by atoms with Crippen LogP contribution in [0.15, 0.2) is 60.8 Å². The maximum atomic E-state index is 13.5. The lowest BCUT2D eigenvalue weighted by Gasteiger charge is -2.29. The highest BCUT2D eigenvalue weighted by Crippen LogP contribution is 2.19. The number of nitrogens with two attached hydrogens (primary N) is 1. The van der Waals surface area contributed by atoms with Gasteiger partial charge in [-0.25, -0.2) is 4.79 Å². The molecular weight excluding hydrogens is 522 g/mol. The van der Waals surface area contributed by atoms with Crippen molar-refractivity contribution in [1.29, 1.82) is 0 Å². The lowest BCUT2D eigenvalue weighted by molar-refractivity contribution is -0.142. The second kappa shape index (κ2) is 14.5. The third-order valence-electron chi connectivity index (χ3n) is 7.39. The van der Waals surface area contributed by atoms with Crippen molar-refractivity contribution in [2.45, 2.75) is 71.1 Å². The van der Waals surface area contributed by atoms with E-state index >= 15 is 0 Å². The summed E-state index contributed by atoms with van der Waals surface area (Å²) in [6.45, 7) is 7.24. The standard InChI is InChI=1S/C31H41N5O5/c1-5-19(4)27(36-28(37)23(32)16-21-17-33-24-14-10-9-13-22(21)24)30(39)35-26(18(2)3)29(38)34-25(31(40)41)15-20-11-7-6-8-12-20/h6-14,17-19,23,25-27,33H,5,15-16,32H2,1-4H3,(H,34,38)(H,35,39)(H,36,37)(H,40,41). The van der Waals surface area contributed by atoms with Crippen molar-refractivity contribution in [3.05, 3.63) is 71.9 Å². The molecule has 1 heterocycles. The minimum Gasteiger partial charge on any atom is -0.480 e. The van der Waals surface area contributed by atoms with Crippen LogP contribution in [0.5, 0.6) is 0 Å². The van der Waals surface area contributed by atoms with Crippen LogP contribution in [0, 0.1) is 11.8 Å². The fraction of sp³-hybridized carbons (Fsp3) is 0.419. The smallest absolute Gasteiger partial charge is 0.326 e. The third-order valence-corrected chi connectivity index (χ3v) is 7.39. The molecule has 1 aromatic heterocycles. The van der Waals surface area contributed by atoms with Gasteiger partial charge < -0.3 is 31.8 Å². The Morgan fingerprint density at radius 3 is 2.07 bits per heavy atom. The summed E-state index contributed by atoms with van der Waals surface area (Å²) in [5.41, 5.74) is 8.85. The molecule has 0 aliphatic rings. The highest BCUT2D eigenvalue weighted by atomic mass is 16.4. The minimum absolute atomic E-state index is 0.0978. The second-order valence-electron chi connectivity index (χ2n) is 10.9. The van der Waals surface area contributed by atoms with E-state index in [1.54, 1.807) is 38.1 Å². The van der Waals surface area contributed by atoms with Crippen LogP contribution in [-0.2, 0) is 32.0 Å². The third kappa shape index (κ3) is 8.40. The van der Waals surface area contributed by atoms with Crippen molar-refractivity contribution in [3.63, 3.8) is 0 Å². The topological polar surface area (TPSA) is 166 Å². The molecule has 0 saturated heterocycles. The lowest BCUT2D eigenvalue weighted by Crippen LogP contribution is -2.60. The van der Waals surface area contributed by atoms with Gasteiger partial charge >= 0.3 is 5.97 Å². The molecule has 0 radical (unpaired) electrons. The number of fused-ring (bicyclic) bond motifs is 1. The van der Waals surface area contributed by atoms with Gasteiger partial charge in [0.25, 0.3) is 0 Å². The molecule has 220 valence electrons. The molecule has 0 aliphatic carbocycles. The molecule has 3 amide bonds. The van der Waals surface area contributed by atoms with Crippen LogP contribution >= 0.6 is 0 Å². The number of hydrogen-bond donors (Lipinski definition) is 6. The van der Waals surface area contributed by atoms with E-state index in [-0.39, 0.29) is 24.7 Å². The van der Waals surface area contributed by atoms with E-state index in [0.717, 1.165) is 22.0 Å². The molecule has 5 atom stereocenters. The Bertz CT molecular complexity index is 1340. The molecule has 0 fully saturated rings. The Morgan fingerprint density at radius 1 is 0.829 bits per heavy atom. The second-order valence-corrected chi connectivity index (χ2v) is 10.9. The van der Waals surface area contributed by atoms with Crippen LogP contribution in [0.4, 0.5) is 0 Å². The van der Waals surface area contributed by atoms with Gasteiger partial charge in [-0.05, 0) is 35.4 Å². The summed E-state index contributed by atoms with van der Waals surface area (Å²) in [6.07, 6.45) is 2.79. The number of carbonyl (C=O) groups is 4. The monoisotopic (exact) mass is 563 g/mol. The van der Waals surface area contributed by atoms with Crippen molar-refractivity contribution in [2.75, 3.05) is 0 Å². The Balaban J connectivity index is 1.68. The number of aromatic nitrogens is 1. The van der Waals surface area contributed by atoms with Crippen molar-refractivity contribution in [2.24, 2.45) is 17.6 Å². The van der Waals surface area contributed by atoms with E-state index < -0.39 is 47.9 Å². The van der Waals surface area contributed by atoms with Gasteiger partial charge in [0.15, 0.2) is 0 Å². The number of aromatic amines is 1. The number of para-hydroxylation sites is 1. The summed E-state index contributed by atoms with van der Waals surface area (Å²) in [6, 6.07) is 12.7. The van der Waals surface area contributed by atoms with Crippen molar-refractivity contribution in [1.82, 2.24) is 20.9 Å². The number of nitrogens with one attached hydrogen (secondary N) is 4. The van der Waals surface area contributed by atoms with Gasteiger partial charge in [-0.3, -0.25) is 14.4 Å². The number of hydrogen-bond acceptors (Lipinski definition) is 5. The number of carboxylic acids is 1. The maximum Gasteiger partial charge on any atom is 0.326 e. The predicted octanol–water partition coefficient (Wildman–Crippen LogP) is 2.52. The summed E-state index contributed by atoms with van der Waals surface area (Å²) in [5, 5.41) is 18.8. The first kappa shape index (κ1) is 31.3. The van der Waals surface area contributed by atoms with E-state index in [4.69, 9.17) is 5.73 Å². The van der Waals surface area contributed by atoms with Gasteiger partial charge in [-0.2, -0.15) is 0 Å². The summed E-state index contributed by atoms with van der Waals surface area (Å²) < 4.78 is 0. The molecule has 5 unspecified atom stereocenters. The molecule has 7 N–H and O–H groups in total. The fourth-order valence-corrected chi connectivity index (χ4v) is 4.68. The van der Waals surface area contributed by atoms with Crippen LogP contribution in [0.25, 0.3) is 10.9 Å². The van der Waals surface area contributed by atoms with Crippen LogP contribution in [0.1, 0.15) is 45.2 Å². The quantitative estimate of drug-likeness (QED) is 0.176. The Morgan fingerprint density at radius 2 is 1.44 bits per heavy atom.